The lowest BCUT2D eigenvalue weighted by Crippen LogP contribution is -2.12. The number of rotatable bonds is 3. The van der Waals surface area contributed by atoms with Crippen molar-refractivity contribution in [3.63, 3.8) is 0 Å². The van der Waals surface area contributed by atoms with E-state index in [4.69, 9.17) is 0 Å². The first-order valence-corrected chi connectivity index (χ1v) is 5.73. The van der Waals surface area contributed by atoms with Gasteiger partial charge in [0.15, 0.2) is 0 Å². The maximum Gasteiger partial charge on any atom is 0.272 e. The van der Waals surface area contributed by atoms with E-state index in [1.807, 2.05) is 36.5 Å². The zero-order valence-corrected chi connectivity index (χ0v) is 10.2. The second kappa shape index (κ2) is 4.99. The molecule has 1 aromatic carbocycles. The fraction of sp³-hybridized carbons (Fsp3) is 0.0833. The van der Waals surface area contributed by atoms with Crippen molar-refractivity contribution in [2.45, 2.75) is 6.54 Å². The van der Waals surface area contributed by atoms with Crippen LogP contribution < -0.4 is 10.3 Å². The molecule has 3 N–H and O–H groups in total. The molecule has 2 aromatic rings. The molecular formula is C12H12BrN2O+. The summed E-state index contributed by atoms with van der Waals surface area (Å²) in [6.07, 6.45) is 1.85. The van der Waals surface area contributed by atoms with Gasteiger partial charge in [-0.1, -0.05) is 18.2 Å². The molecule has 0 saturated carbocycles. The van der Waals surface area contributed by atoms with Crippen LogP contribution in [-0.4, -0.2) is 5.11 Å². The smallest absolute Gasteiger partial charge is 0.272 e. The van der Waals surface area contributed by atoms with Crippen LogP contribution in [0.5, 0.6) is 5.75 Å². The third kappa shape index (κ3) is 2.73. The van der Waals surface area contributed by atoms with E-state index >= 15 is 0 Å². The van der Waals surface area contributed by atoms with Gasteiger partial charge in [0.25, 0.3) is 5.82 Å². The van der Waals surface area contributed by atoms with Crippen LogP contribution in [0.25, 0.3) is 0 Å². The van der Waals surface area contributed by atoms with Crippen molar-refractivity contribution < 1.29 is 10.1 Å². The van der Waals surface area contributed by atoms with E-state index in [0.717, 1.165) is 15.9 Å². The summed E-state index contributed by atoms with van der Waals surface area (Å²) >= 11 is 3.35. The summed E-state index contributed by atoms with van der Waals surface area (Å²) in [6.45, 7) is 0.588. The normalized spacial score (nSPS) is 10.1. The molecule has 16 heavy (non-hydrogen) atoms. The van der Waals surface area contributed by atoms with E-state index in [1.54, 1.807) is 6.07 Å². The van der Waals surface area contributed by atoms with Gasteiger partial charge in [-0.25, -0.2) is 4.98 Å². The van der Waals surface area contributed by atoms with Crippen molar-refractivity contribution in [3.8, 4) is 5.75 Å². The highest BCUT2D eigenvalue weighted by molar-refractivity contribution is 9.10. The molecule has 0 spiro atoms. The Morgan fingerprint density at radius 2 is 2.00 bits per heavy atom. The first-order valence-electron chi connectivity index (χ1n) is 4.94. The minimum Gasteiger partial charge on any atom is -0.508 e. The molecule has 1 heterocycles. The highest BCUT2D eigenvalue weighted by Gasteiger charge is 2.04. The number of phenols is 1. The van der Waals surface area contributed by atoms with Crippen LogP contribution in [0.3, 0.4) is 0 Å². The van der Waals surface area contributed by atoms with E-state index in [9.17, 15) is 5.11 Å². The van der Waals surface area contributed by atoms with E-state index in [0.29, 0.717) is 12.3 Å². The second-order valence-electron chi connectivity index (χ2n) is 3.40. The Kier molecular flexibility index (Phi) is 3.41. The average molecular weight is 280 g/mol. The lowest BCUT2D eigenvalue weighted by molar-refractivity contribution is -0.362. The molecule has 0 unspecified atom stereocenters. The molecule has 1 aromatic heterocycles. The van der Waals surface area contributed by atoms with Gasteiger partial charge < -0.3 is 5.11 Å². The van der Waals surface area contributed by atoms with Crippen LogP contribution in [0.4, 0.5) is 5.82 Å². The molecule has 82 valence electrons. The van der Waals surface area contributed by atoms with Crippen molar-refractivity contribution >= 4 is 21.7 Å². The Hall–Kier alpha value is -1.55. The summed E-state index contributed by atoms with van der Waals surface area (Å²) in [5.74, 6) is 1.22. The SMILES string of the molecule is Oc1ccccc1CNc1ccc(Br)c[nH+]1. The van der Waals surface area contributed by atoms with E-state index in [2.05, 4.69) is 26.2 Å². The number of phenolic OH excluding ortho intramolecular Hbond substituents is 1. The van der Waals surface area contributed by atoms with Gasteiger partial charge >= 0.3 is 0 Å². The summed E-state index contributed by atoms with van der Waals surface area (Å²) in [5, 5.41) is 12.8. The number of aromatic hydroxyl groups is 1. The van der Waals surface area contributed by atoms with Gasteiger partial charge in [0.05, 0.1) is 4.47 Å². The summed E-state index contributed by atoms with van der Waals surface area (Å²) in [6, 6.07) is 11.2. The van der Waals surface area contributed by atoms with Gasteiger partial charge in [0.2, 0.25) is 0 Å². The molecule has 0 radical (unpaired) electrons. The number of hydrogen-bond acceptors (Lipinski definition) is 2. The molecule has 0 aliphatic rings. The van der Waals surface area contributed by atoms with Gasteiger partial charge in [0, 0.05) is 11.6 Å². The third-order valence-corrected chi connectivity index (χ3v) is 2.73. The lowest BCUT2D eigenvalue weighted by atomic mass is 10.2. The van der Waals surface area contributed by atoms with Gasteiger partial charge in [-0.05, 0) is 28.1 Å². The standard InChI is InChI=1S/C12H11BrN2O/c13-10-5-6-12(15-8-10)14-7-9-3-1-2-4-11(9)16/h1-6,8,16H,7H2,(H,14,15)/p+1. The van der Waals surface area contributed by atoms with Crippen LogP contribution in [0.2, 0.25) is 0 Å². The number of pyridine rings is 1. The fourth-order valence-corrected chi connectivity index (χ4v) is 1.61. The largest absolute Gasteiger partial charge is 0.508 e. The summed E-state index contributed by atoms with van der Waals surface area (Å²) in [7, 11) is 0. The number of halogens is 1. The Morgan fingerprint density at radius 1 is 1.19 bits per heavy atom. The van der Waals surface area contributed by atoms with Crippen molar-refractivity contribution in [1.29, 1.82) is 0 Å². The summed E-state index contributed by atoms with van der Waals surface area (Å²) in [4.78, 5) is 3.09. The highest BCUT2D eigenvalue weighted by Crippen LogP contribution is 2.16. The number of benzene rings is 1. The van der Waals surface area contributed by atoms with Crippen molar-refractivity contribution in [2.75, 3.05) is 5.32 Å². The Morgan fingerprint density at radius 3 is 2.69 bits per heavy atom. The number of aromatic amines is 1. The molecule has 0 saturated heterocycles. The summed E-state index contributed by atoms with van der Waals surface area (Å²) in [5.41, 5.74) is 0.874. The van der Waals surface area contributed by atoms with Gasteiger partial charge in [-0.2, -0.15) is 0 Å². The minimum absolute atomic E-state index is 0.312. The van der Waals surface area contributed by atoms with Crippen LogP contribution in [0, 0.1) is 0 Å². The average Bonchev–Trinajstić information content (AvgIpc) is 2.30. The van der Waals surface area contributed by atoms with E-state index in [1.165, 1.54) is 0 Å². The topological polar surface area (TPSA) is 46.4 Å². The first-order chi connectivity index (χ1) is 7.75. The molecule has 0 aliphatic heterocycles. The molecule has 3 nitrogen and oxygen atoms in total. The Labute approximate surface area is 102 Å². The predicted octanol–water partition coefficient (Wildman–Crippen LogP) is 2.58. The summed E-state index contributed by atoms with van der Waals surface area (Å²) < 4.78 is 1.00. The van der Waals surface area contributed by atoms with E-state index < -0.39 is 0 Å². The van der Waals surface area contributed by atoms with Crippen LogP contribution in [-0.2, 0) is 6.54 Å². The lowest BCUT2D eigenvalue weighted by Gasteiger charge is -2.02. The van der Waals surface area contributed by atoms with Crippen molar-refractivity contribution in [2.24, 2.45) is 0 Å². The zero-order valence-electron chi connectivity index (χ0n) is 8.57. The maximum atomic E-state index is 9.57. The molecule has 2 rings (SSSR count). The molecular weight excluding hydrogens is 268 g/mol. The zero-order chi connectivity index (χ0) is 11.4. The number of anilines is 1. The Bertz CT molecular complexity index is 471. The molecule has 0 amide bonds. The third-order valence-electron chi connectivity index (χ3n) is 2.24. The van der Waals surface area contributed by atoms with Crippen molar-refractivity contribution in [1.82, 2.24) is 0 Å². The number of hydrogen-bond donors (Lipinski definition) is 2. The van der Waals surface area contributed by atoms with Crippen LogP contribution >= 0.6 is 15.9 Å². The van der Waals surface area contributed by atoms with E-state index in [-0.39, 0.29) is 0 Å². The van der Waals surface area contributed by atoms with Crippen LogP contribution in [0.15, 0.2) is 47.1 Å². The number of H-pyrrole nitrogens is 1. The first kappa shape index (κ1) is 11.0. The van der Waals surface area contributed by atoms with Crippen LogP contribution in [0.1, 0.15) is 5.56 Å². The predicted molar refractivity (Wildman–Crippen MR) is 66.1 cm³/mol. The van der Waals surface area contributed by atoms with Gasteiger partial charge in [-0.3, -0.25) is 5.32 Å². The quantitative estimate of drug-likeness (QED) is 0.907. The highest BCUT2D eigenvalue weighted by atomic mass is 79.9. The molecule has 4 heteroatoms. The molecule has 0 atom stereocenters. The van der Waals surface area contributed by atoms with Gasteiger partial charge in [-0.15, -0.1) is 0 Å². The minimum atomic E-state index is 0.312. The number of aromatic nitrogens is 1. The monoisotopic (exact) mass is 279 g/mol. The number of nitrogens with one attached hydrogen (secondary N) is 2. The molecule has 0 fully saturated rings. The second-order valence-corrected chi connectivity index (χ2v) is 4.32. The fourth-order valence-electron chi connectivity index (χ4n) is 1.37. The Balaban J connectivity index is 2.02. The maximum absolute atomic E-state index is 9.57. The molecule has 0 aliphatic carbocycles. The van der Waals surface area contributed by atoms with Gasteiger partial charge in [0.1, 0.15) is 18.5 Å². The van der Waals surface area contributed by atoms with Crippen molar-refractivity contribution in [3.05, 3.63) is 52.6 Å². The number of para-hydroxylation sites is 1. The molecule has 0 bridgehead atoms.